The third-order valence-electron chi connectivity index (χ3n) is 6.55. The summed E-state index contributed by atoms with van der Waals surface area (Å²) in [6.07, 6.45) is 2.36. The molecule has 0 bridgehead atoms. The molecule has 2 aliphatic rings. The average molecular weight is 440 g/mol. The van der Waals surface area contributed by atoms with Crippen molar-refractivity contribution in [2.75, 3.05) is 53.5 Å². The highest BCUT2D eigenvalue weighted by atomic mass is 16.5. The Morgan fingerprint density at radius 1 is 0.938 bits per heavy atom. The number of hydrogen-bond acceptors (Lipinski definition) is 5. The molecule has 2 aromatic rings. The Morgan fingerprint density at radius 3 is 2.44 bits per heavy atom. The maximum atomic E-state index is 13.1. The first-order valence-electron chi connectivity index (χ1n) is 11.4. The van der Waals surface area contributed by atoms with Gasteiger partial charge in [0.1, 0.15) is 5.75 Å². The second-order valence-electron chi connectivity index (χ2n) is 8.68. The highest BCUT2D eigenvalue weighted by Gasteiger charge is 2.28. The van der Waals surface area contributed by atoms with Crippen LogP contribution in [0.5, 0.6) is 5.75 Å². The number of ether oxygens (including phenoxy) is 2. The number of rotatable bonds is 8. The van der Waals surface area contributed by atoms with E-state index >= 15 is 0 Å². The summed E-state index contributed by atoms with van der Waals surface area (Å²) < 4.78 is 11.2. The lowest BCUT2D eigenvalue weighted by molar-refractivity contribution is -0.131. The SMILES string of the molecule is COc1ccc(CN2CC(=O)N(CCCN3CCCC3=O)CC(OC)C2)c2ccccc12. The lowest BCUT2D eigenvalue weighted by Gasteiger charge is -2.24. The third kappa shape index (κ3) is 5.05. The molecular formula is C25H33N3O4. The predicted octanol–water partition coefficient (Wildman–Crippen LogP) is 2.52. The molecule has 0 aliphatic carbocycles. The second-order valence-corrected chi connectivity index (χ2v) is 8.68. The first-order chi connectivity index (χ1) is 15.6. The minimum absolute atomic E-state index is 0.0422. The van der Waals surface area contributed by atoms with E-state index < -0.39 is 0 Å². The smallest absolute Gasteiger partial charge is 0.236 e. The van der Waals surface area contributed by atoms with Crippen LogP contribution in [0.25, 0.3) is 10.8 Å². The number of fused-ring (bicyclic) bond motifs is 1. The van der Waals surface area contributed by atoms with Crippen molar-refractivity contribution in [3.63, 3.8) is 0 Å². The highest BCUT2D eigenvalue weighted by molar-refractivity contribution is 5.91. The Hall–Kier alpha value is -2.64. The molecule has 1 atom stereocenters. The van der Waals surface area contributed by atoms with E-state index in [0.717, 1.165) is 42.5 Å². The highest BCUT2D eigenvalue weighted by Crippen LogP contribution is 2.29. The standard InChI is InChI=1S/C25H33N3O4/c1-31-20-16-26(15-19-10-11-23(32-2)22-8-4-3-7-21(19)22)18-25(30)28(17-20)14-6-13-27-12-5-9-24(27)29/h3-4,7-8,10-11,20H,5-6,9,12-18H2,1-2H3. The molecule has 2 heterocycles. The van der Waals surface area contributed by atoms with Crippen LogP contribution in [0.15, 0.2) is 36.4 Å². The Labute approximate surface area is 189 Å². The molecule has 2 fully saturated rings. The molecule has 0 aromatic heterocycles. The number of benzene rings is 2. The van der Waals surface area contributed by atoms with E-state index in [1.165, 1.54) is 5.56 Å². The lowest BCUT2D eigenvalue weighted by Crippen LogP contribution is -2.39. The normalized spacial score (nSPS) is 20.2. The molecule has 7 nitrogen and oxygen atoms in total. The molecule has 4 rings (SSSR count). The summed E-state index contributed by atoms with van der Waals surface area (Å²) in [5, 5.41) is 2.22. The van der Waals surface area contributed by atoms with Gasteiger partial charge in [0.05, 0.1) is 19.8 Å². The van der Waals surface area contributed by atoms with Crippen molar-refractivity contribution in [1.82, 2.24) is 14.7 Å². The summed E-state index contributed by atoms with van der Waals surface area (Å²) in [6, 6.07) is 12.3. The van der Waals surface area contributed by atoms with Crippen LogP contribution in [-0.4, -0.2) is 86.1 Å². The van der Waals surface area contributed by atoms with Crippen LogP contribution >= 0.6 is 0 Å². The van der Waals surface area contributed by atoms with Gasteiger partial charge in [-0.3, -0.25) is 14.5 Å². The number of methoxy groups -OCH3 is 2. The van der Waals surface area contributed by atoms with Crippen molar-refractivity contribution in [3.8, 4) is 5.75 Å². The van der Waals surface area contributed by atoms with Gasteiger partial charge < -0.3 is 19.3 Å². The lowest BCUT2D eigenvalue weighted by atomic mass is 10.0. The first kappa shape index (κ1) is 22.6. The van der Waals surface area contributed by atoms with Crippen LogP contribution < -0.4 is 4.74 Å². The average Bonchev–Trinajstić information content (AvgIpc) is 3.15. The number of hydrogen-bond donors (Lipinski definition) is 0. The topological polar surface area (TPSA) is 62.3 Å². The quantitative estimate of drug-likeness (QED) is 0.633. The van der Waals surface area contributed by atoms with E-state index in [-0.39, 0.29) is 17.9 Å². The maximum absolute atomic E-state index is 13.1. The van der Waals surface area contributed by atoms with Gasteiger partial charge in [-0.25, -0.2) is 0 Å². The summed E-state index contributed by atoms with van der Waals surface area (Å²) in [4.78, 5) is 30.9. The molecule has 0 N–H and O–H groups in total. The van der Waals surface area contributed by atoms with Crippen LogP contribution in [-0.2, 0) is 20.9 Å². The van der Waals surface area contributed by atoms with Crippen molar-refractivity contribution in [2.24, 2.45) is 0 Å². The van der Waals surface area contributed by atoms with Gasteiger partial charge in [0, 0.05) is 58.2 Å². The Kier molecular flexibility index (Phi) is 7.27. The van der Waals surface area contributed by atoms with E-state index in [1.54, 1.807) is 14.2 Å². The van der Waals surface area contributed by atoms with Crippen molar-refractivity contribution >= 4 is 22.6 Å². The van der Waals surface area contributed by atoms with E-state index in [4.69, 9.17) is 9.47 Å². The van der Waals surface area contributed by atoms with Crippen LogP contribution in [0.1, 0.15) is 24.8 Å². The van der Waals surface area contributed by atoms with Crippen molar-refractivity contribution < 1.29 is 19.1 Å². The molecule has 2 aromatic carbocycles. The Bertz CT molecular complexity index is 963. The number of carbonyl (C=O) groups excluding carboxylic acids is 2. The zero-order chi connectivity index (χ0) is 22.5. The molecule has 2 aliphatic heterocycles. The van der Waals surface area contributed by atoms with E-state index in [0.29, 0.717) is 39.1 Å². The van der Waals surface area contributed by atoms with Crippen molar-refractivity contribution in [1.29, 1.82) is 0 Å². The summed E-state index contributed by atoms with van der Waals surface area (Å²) in [7, 11) is 3.40. The zero-order valence-corrected chi connectivity index (χ0v) is 19.1. The van der Waals surface area contributed by atoms with Crippen molar-refractivity contribution in [2.45, 2.75) is 31.9 Å². The molecule has 0 spiro atoms. The first-order valence-corrected chi connectivity index (χ1v) is 11.4. The van der Waals surface area contributed by atoms with Gasteiger partial charge in [0.15, 0.2) is 0 Å². The second kappa shape index (κ2) is 10.3. The summed E-state index contributed by atoms with van der Waals surface area (Å²) in [5.41, 5.74) is 1.17. The van der Waals surface area contributed by atoms with Gasteiger partial charge in [-0.2, -0.15) is 0 Å². The number of amides is 2. The van der Waals surface area contributed by atoms with Gasteiger partial charge in [0.2, 0.25) is 11.8 Å². The largest absolute Gasteiger partial charge is 0.496 e. The Balaban J connectivity index is 1.43. The van der Waals surface area contributed by atoms with Crippen LogP contribution in [0.4, 0.5) is 0 Å². The number of likely N-dealkylation sites (tertiary alicyclic amines) is 1. The van der Waals surface area contributed by atoms with Crippen molar-refractivity contribution in [3.05, 3.63) is 42.0 Å². The number of carbonyl (C=O) groups is 2. The molecule has 0 saturated carbocycles. The summed E-state index contributed by atoms with van der Waals surface area (Å²) in [5.74, 6) is 1.21. The van der Waals surface area contributed by atoms with E-state index in [9.17, 15) is 9.59 Å². The minimum atomic E-state index is -0.0422. The van der Waals surface area contributed by atoms with Gasteiger partial charge in [-0.15, -0.1) is 0 Å². The monoisotopic (exact) mass is 439 g/mol. The van der Waals surface area contributed by atoms with Crippen LogP contribution in [0.3, 0.4) is 0 Å². The van der Waals surface area contributed by atoms with Gasteiger partial charge in [-0.1, -0.05) is 30.3 Å². The van der Waals surface area contributed by atoms with Gasteiger partial charge in [0.25, 0.3) is 0 Å². The molecule has 1 unspecified atom stereocenters. The van der Waals surface area contributed by atoms with E-state index in [2.05, 4.69) is 23.1 Å². The molecule has 2 saturated heterocycles. The van der Waals surface area contributed by atoms with Crippen LogP contribution in [0.2, 0.25) is 0 Å². The van der Waals surface area contributed by atoms with E-state index in [1.807, 2.05) is 28.0 Å². The maximum Gasteiger partial charge on any atom is 0.236 e. The minimum Gasteiger partial charge on any atom is -0.496 e. The number of nitrogens with zero attached hydrogens (tertiary/aromatic N) is 3. The molecule has 32 heavy (non-hydrogen) atoms. The predicted molar refractivity (Wildman–Crippen MR) is 124 cm³/mol. The molecule has 7 heteroatoms. The fourth-order valence-electron chi connectivity index (χ4n) is 4.82. The molecule has 2 amide bonds. The molecule has 0 radical (unpaired) electrons. The molecule has 172 valence electrons. The fraction of sp³-hybridized carbons (Fsp3) is 0.520. The third-order valence-corrected chi connectivity index (χ3v) is 6.55. The zero-order valence-electron chi connectivity index (χ0n) is 19.1. The van der Waals surface area contributed by atoms with Crippen LogP contribution in [0, 0.1) is 0 Å². The Morgan fingerprint density at radius 2 is 1.72 bits per heavy atom. The summed E-state index contributed by atoms with van der Waals surface area (Å²) >= 11 is 0. The fourth-order valence-corrected chi connectivity index (χ4v) is 4.82. The summed E-state index contributed by atoms with van der Waals surface area (Å²) in [6.45, 7) is 4.54. The molecular weight excluding hydrogens is 406 g/mol. The van der Waals surface area contributed by atoms with Gasteiger partial charge in [-0.05, 0) is 29.9 Å². The van der Waals surface area contributed by atoms with Gasteiger partial charge >= 0.3 is 0 Å².